The Morgan fingerprint density at radius 2 is 2.30 bits per heavy atom. The molecule has 0 N–H and O–H groups in total. The van der Waals surface area contributed by atoms with E-state index in [-0.39, 0.29) is 0 Å². The summed E-state index contributed by atoms with van der Waals surface area (Å²) in [7, 11) is 1.58. The molecule has 1 heterocycles. The van der Waals surface area contributed by atoms with Gasteiger partial charge in [0.1, 0.15) is 0 Å². The number of halogens is 1. The highest BCUT2D eigenvalue weighted by molar-refractivity contribution is 6.31. The number of hydrogen-bond donors (Lipinski definition) is 0. The maximum absolute atomic E-state index is 5.77. The number of pyridine rings is 1. The Kier molecular flexibility index (Phi) is 2.12. The number of rotatable bonds is 1. The van der Waals surface area contributed by atoms with Gasteiger partial charge in [-0.25, -0.2) is 4.98 Å². The van der Waals surface area contributed by atoms with Crippen LogP contribution in [0.1, 0.15) is 5.56 Å². The Labute approximate surface area is 64.8 Å². The Balaban J connectivity index is 3.14. The van der Waals surface area contributed by atoms with E-state index >= 15 is 0 Å². The van der Waals surface area contributed by atoms with E-state index in [0.717, 1.165) is 5.56 Å². The van der Waals surface area contributed by atoms with Crippen molar-refractivity contribution in [2.45, 2.75) is 6.92 Å². The highest BCUT2D eigenvalue weighted by Gasteiger charge is 2.00. The minimum atomic E-state index is 0.590. The monoisotopic (exact) mass is 157 g/mol. The van der Waals surface area contributed by atoms with Crippen molar-refractivity contribution in [1.29, 1.82) is 0 Å². The van der Waals surface area contributed by atoms with Gasteiger partial charge in [-0.15, -0.1) is 0 Å². The Bertz CT molecular complexity index is 237. The molecule has 0 atom stereocenters. The van der Waals surface area contributed by atoms with E-state index in [1.165, 1.54) is 0 Å². The first-order valence-corrected chi connectivity index (χ1v) is 3.28. The summed E-state index contributed by atoms with van der Waals surface area (Å²) in [5, 5.41) is 0.687. The fraction of sp³-hybridized carbons (Fsp3) is 0.286. The standard InChI is InChI=1S/C7H8ClNO/c1-5-6(8)3-4-9-7(5)10-2/h3-4H,1-2H3. The minimum absolute atomic E-state index is 0.590. The van der Waals surface area contributed by atoms with E-state index in [1.54, 1.807) is 19.4 Å². The van der Waals surface area contributed by atoms with Crippen molar-refractivity contribution in [1.82, 2.24) is 4.98 Å². The SMILES string of the molecule is COc1nccc(Cl)c1C. The summed E-state index contributed by atoms with van der Waals surface area (Å²) >= 11 is 5.77. The van der Waals surface area contributed by atoms with Gasteiger partial charge in [0.05, 0.1) is 12.1 Å². The highest BCUT2D eigenvalue weighted by Crippen LogP contribution is 2.21. The molecule has 0 aliphatic carbocycles. The molecule has 0 aliphatic heterocycles. The van der Waals surface area contributed by atoms with Gasteiger partial charge >= 0.3 is 0 Å². The third-order valence-electron chi connectivity index (χ3n) is 1.29. The van der Waals surface area contributed by atoms with Crippen LogP contribution >= 0.6 is 11.6 Å². The molecule has 0 spiro atoms. The number of methoxy groups -OCH3 is 1. The zero-order chi connectivity index (χ0) is 7.56. The maximum Gasteiger partial charge on any atom is 0.217 e. The van der Waals surface area contributed by atoms with Gasteiger partial charge < -0.3 is 4.74 Å². The first-order valence-electron chi connectivity index (χ1n) is 2.91. The van der Waals surface area contributed by atoms with Gasteiger partial charge in [-0.3, -0.25) is 0 Å². The van der Waals surface area contributed by atoms with Gasteiger partial charge in [0.25, 0.3) is 0 Å². The topological polar surface area (TPSA) is 22.1 Å². The quantitative estimate of drug-likeness (QED) is 0.623. The zero-order valence-electron chi connectivity index (χ0n) is 5.89. The van der Waals surface area contributed by atoms with E-state index in [2.05, 4.69) is 4.98 Å². The highest BCUT2D eigenvalue weighted by atomic mass is 35.5. The molecule has 0 aliphatic rings. The van der Waals surface area contributed by atoms with Crippen molar-refractivity contribution in [3.63, 3.8) is 0 Å². The predicted octanol–water partition coefficient (Wildman–Crippen LogP) is 2.05. The summed E-state index contributed by atoms with van der Waals surface area (Å²) in [6.07, 6.45) is 1.62. The van der Waals surface area contributed by atoms with E-state index < -0.39 is 0 Å². The van der Waals surface area contributed by atoms with Crippen molar-refractivity contribution < 1.29 is 4.74 Å². The maximum atomic E-state index is 5.77. The molecule has 2 nitrogen and oxygen atoms in total. The molecule has 0 saturated carbocycles. The van der Waals surface area contributed by atoms with Crippen LogP contribution in [0.3, 0.4) is 0 Å². The molecule has 54 valence electrons. The van der Waals surface area contributed by atoms with Crippen LogP contribution < -0.4 is 4.74 Å². The summed E-state index contributed by atoms with van der Waals surface area (Å²) in [6.45, 7) is 1.87. The van der Waals surface area contributed by atoms with Crippen LogP contribution in [0.5, 0.6) is 5.88 Å². The summed E-state index contributed by atoms with van der Waals surface area (Å²) in [5.74, 6) is 0.590. The molecule has 0 unspecified atom stereocenters. The van der Waals surface area contributed by atoms with Gasteiger partial charge in [-0.1, -0.05) is 11.6 Å². The molecule has 0 bridgehead atoms. The van der Waals surface area contributed by atoms with Crippen LogP contribution in [0.4, 0.5) is 0 Å². The zero-order valence-corrected chi connectivity index (χ0v) is 6.64. The lowest BCUT2D eigenvalue weighted by Gasteiger charge is -2.02. The molecular formula is C7H8ClNO. The molecule has 1 rings (SSSR count). The van der Waals surface area contributed by atoms with Crippen molar-refractivity contribution in [3.05, 3.63) is 22.8 Å². The second-order valence-electron chi connectivity index (χ2n) is 1.93. The van der Waals surface area contributed by atoms with Crippen molar-refractivity contribution in [2.75, 3.05) is 7.11 Å². The van der Waals surface area contributed by atoms with Gasteiger partial charge in [0.15, 0.2) is 0 Å². The Morgan fingerprint density at radius 1 is 1.60 bits per heavy atom. The molecule has 0 saturated heterocycles. The van der Waals surface area contributed by atoms with Gasteiger partial charge in [0, 0.05) is 11.8 Å². The average Bonchev–Trinajstić information content (AvgIpc) is 1.95. The Hall–Kier alpha value is -0.760. The smallest absolute Gasteiger partial charge is 0.217 e. The number of aromatic nitrogens is 1. The van der Waals surface area contributed by atoms with Crippen molar-refractivity contribution in [2.24, 2.45) is 0 Å². The molecule has 1 aromatic rings. The molecule has 3 heteroatoms. The predicted molar refractivity (Wildman–Crippen MR) is 40.5 cm³/mol. The van der Waals surface area contributed by atoms with Gasteiger partial charge in [-0.05, 0) is 13.0 Å². The summed E-state index contributed by atoms with van der Waals surface area (Å²) < 4.78 is 4.93. The van der Waals surface area contributed by atoms with Crippen LogP contribution in [0.25, 0.3) is 0 Å². The molecule has 0 fully saturated rings. The van der Waals surface area contributed by atoms with Gasteiger partial charge in [0.2, 0.25) is 5.88 Å². The second kappa shape index (κ2) is 2.88. The van der Waals surface area contributed by atoms with Crippen LogP contribution in [-0.4, -0.2) is 12.1 Å². The lowest BCUT2D eigenvalue weighted by Crippen LogP contribution is -1.90. The molecule has 10 heavy (non-hydrogen) atoms. The lowest BCUT2D eigenvalue weighted by molar-refractivity contribution is 0.394. The first-order chi connectivity index (χ1) is 4.75. The van der Waals surface area contributed by atoms with Crippen molar-refractivity contribution in [3.8, 4) is 5.88 Å². The fourth-order valence-corrected chi connectivity index (χ4v) is 0.837. The van der Waals surface area contributed by atoms with E-state index in [1.807, 2.05) is 6.92 Å². The molecule has 0 aromatic carbocycles. The van der Waals surface area contributed by atoms with Crippen LogP contribution in [0.2, 0.25) is 5.02 Å². The van der Waals surface area contributed by atoms with E-state index in [4.69, 9.17) is 16.3 Å². The second-order valence-corrected chi connectivity index (χ2v) is 2.33. The summed E-state index contributed by atoms with van der Waals surface area (Å²) in [4.78, 5) is 3.95. The summed E-state index contributed by atoms with van der Waals surface area (Å²) in [5.41, 5.74) is 0.881. The number of hydrogen-bond acceptors (Lipinski definition) is 2. The third-order valence-corrected chi connectivity index (χ3v) is 1.69. The Morgan fingerprint density at radius 3 is 2.80 bits per heavy atom. The number of ether oxygens (including phenoxy) is 1. The van der Waals surface area contributed by atoms with E-state index in [9.17, 15) is 0 Å². The van der Waals surface area contributed by atoms with Gasteiger partial charge in [-0.2, -0.15) is 0 Å². The lowest BCUT2D eigenvalue weighted by atomic mass is 10.3. The minimum Gasteiger partial charge on any atom is -0.481 e. The van der Waals surface area contributed by atoms with Crippen LogP contribution in [0.15, 0.2) is 12.3 Å². The fourth-order valence-electron chi connectivity index (χ4n) is 0.700. The largest absolute Gasteiger partial charge is 0.481 e. The molecule has 0 radical (unpaired) electrons. The van der Waals surface area contributed by atoms with Crippen molar-refractivity contribution >= 4 is 11.6 Å². The summed E-state index contributed by atoms with van der Waals surface area (Å²) in [6, 6.07) is 1.74. The average molecular weight is 158 g/mol. The van der Waals surface area contributed by atoms with Crippen LogP contribution in [-0.2, 0) is 0 Å². The first kappa shape index (κ1) is 7.35. The number of nitrogens with zero attached hydrogens (tertiary/aromatic N) is 1. The normalized spacial score (nSPS) is 9.50. The van der Waals surface area contributed by atoms with E-state index in [0.29, 0.717) is 10.9 Å². The van der Waals surface area contributed by atoms with Crippen LogP contribution in [0, 0.1) is 6.92 Å². The molecular weight excluding hydrogens is 150 g/mol. The third kappa shape index (κ3) is 1.21. The molecule has 1 aromatic heterocycles. The molecule has 0 amide bonds.